The molecule has 0 aromatic carbocycles. The van der Waals surface area contributed by atoms with Crippen LogP contribution in [-0.2, 0) is 4.74 Å². The monoisotopic (exact) mass is 297 g/mol. The first-order valence-electron chi connectivity index (χ1n) is 7.18. The van der Waals surface area contributed by atoms with Crippen molar-refractivity contribution in [2.45, 2.75) is 59.1 Å². The second-order valence-electron chi connectivity index (χ2n) is 5.98. The molecule has 1 saturated carbocycles. The molecule has 1 heterocycles. The number of hydrogen-bond acceptors (Lipinski definition) is 5. The first-order valence-corrected chi connectivity index (χ1v) is 7.95. The summed E-state index contributed by atoms with van der Waals surface area (Å²) >= 11 is 1.15. The third-order valence-electron chi connectivity index (χ3n) is 4.16. The predicted octanol–water partition coefficient (Wildman–Crippen LogP) is 2.56. The lowest BCUT2D eigenvalue weighted by molar-refractivity contribution is -0.115. The van der Waals surface area contributed by atoms with E-state index in [9.17, 15) is 4.79 Å². The Balaban J connectivity index is 1.86. The van der Waals surface area contributed by atoms with Gasteiger partial charge in [-0.3, -0.25) is 4.79 Å². The van der Waals surface area contributed by atoms with Crippen LogP contribution in [0.15, 0.2) is 0 Å². The molecule has 0 unspecified atom stereocenters. The molecular weight excluding hydrogens is 274 g/mol. The van der Waals surface area contributed by atoms with Gasteiger partial charge in [-0.25, -0.2) is 0 Å². The molecular formula is C14H23N3O2S. The molecule has 1 aliphatic rings. The zero-order valence-corrected chi connectivity index (χ0v) is 13.4. The first kappa shape index (κ1) is 15.4. The van der Waals surface area contributed by atoms with E-state index in [1.54, 1.807) is 6.92 Å². The van der Waals surface area contributed by atoms with Crippen molar-refractivity contribution in [2.75, 3.05) is 6.61 Å². The summed E-state index contributed by atoms with van der Waals surface area (Å²) in [6.07, 6.45) is 3.36. The van der Waals surface area contributed by atoms with Gasteiger partial charge in [-0.05, 0) is 31.3 Å². The Morgan fingerprint density at radius 2 is 2.30 bits per heavy atom. The van der Waals surface area contributed by atoms with Gasteiger partial charge in [-0.2, -0.15) is 0 Å². The van der Waals surface area contributed by atoms with Crippen LogP contribution in [0.4, 0.5) is 0 Å². The molecule has 1 amide bonds. The fourth-order valence-electron chi connectivity index (χ4n) is 2.45. The number of nitrogens with one attached hydrogen (secondary N) is 1. The number of hydrogen-bond donors (Lipinski definition) is 1. The standard InChI is InChI=1S/C14H23N3O2S/c1-5-6-7-19-11-8-10(14(11,3)4)15-13(18)12-9(2)16-17-20-12/h10-11H,5-8H2,1-4H3,(H,15,18)/t10-,11-/m1/s1. The Kier molecular flexibility index (Phi) is 4.75. The molecule has 2 rings (SSSR count). The van der Waals surface area contributed by atoms with Crippen LogP contribution in [-0.4, -0.2) is 34.2 Å². The number of rotatable bonds is 6. The number of ether oxygens (including phenoxy) is 1. The lowest BCUT2D eigenvalue weighted by Gasteiger charge is -2.51. The Morgan fingerprint density at radius 3 is 2.85 bits per heavy atom. The smallest absolute Gasteiger partial charge is 0.265 e. The van der Waals surface area contributed by atoms with Gasteiger partial charge in [0.15, 0.2) is 0 Å². The van der Waals surface area contributed by atoms with Crippen LogP contribution in [0, 0.1) is 12.3 Å². The van der Waals surface area contributed by atoms with Gasteiger partial charge in [0, 0.05) is 18.1 Å². The van der Waals surface area contributed by atoms with Gasteiger partial charge < -0.3 is 10.1 Å². The average molecular weight is 297 g/mol. The van der Waals surface area contributed by atoms with Crippen LogP contribution in [0.5, 0.6) is 0 Å². The predicted molar refractivity (Wildman–Crippen MR) is 78.9 cm³/mol. The second-order valence-corrected chi connectivity index (χ2v) is 6.74. The summed E-state index contributed by atoms with van der Waals surface area (Å²) in [5.41, 5.74) is 0.676. The quantitative estimate of drug-likeness (QED) is 0.820. The zero-order valence-electron chi connectivity index (χ0n) is 12.6. The largest absolute Gasteiger partial charge is 0.378 e. The number of amides is 1. The summed E-state index contributed by atoms with van der Waals surface area (Å²) in [7, 11) is 0. The maximum Gasteiger partial charge on any atom is 0.265 e. The Bertz CT molecular complexity index is 473. The molecule has 6 heteroatoms. The highest BCUT2D eigenvalue weighted by Crippen LogP contribution is 2.43. The first-order chi connectivity index (χ1) is 9.46. The summed E-state index contributed by atoms with van der Waals surface area (Å²) < 4.78 is 9.69. The van der Waals surface area contributed by atoms with E-state index in [1.165, 1.54) is 0 Å². The molecule has 0 saturated heterocycles. The minimum atomic E-state index is -0.0671. The van der Waals surface area contributed by atoms with E-state index in [4.69, 9.17) is 4.74 Å². The summed E-state index contributed by atoms with van der Waals surface area (Å²) in [5.74, 6) is -0.0671. The van der Waals surface area contributed by atoms with Crippen LogP contribution >= 0.6 is 11.5 Å². The van der Waals surface area contributed by atoms with Crippen LogP contribution in [0.1, 0.15) is 55.4 Å². The van der Waals surface area contributed by atoms with Crippen molar-refractivity contribution in [1.82, 2.24) is 14.9 Å². The Hall–Kier alpha value is -1.01. The third-order valence-corrected chi connectivity index (χ3v) is 4.98. The number of aromatic nitrogens is 2. The SMILES string of the molecule is CCCCO[C@@H]1C[C@@H](NC(=O)c2snnc2C)C1(C)C. The molecule has 1 aliphatic carbocycles. The molecule has 5 nitrogen and oxygen atoms in total. The Labute approximate surface area is 124 Å². The van der Waals surface area contributed by atoms with Crippen molar-refractivity contribution in [3.05, 3.63) is 10.6 Å². The molecule has 0 radical (unpaired) electrons. The highest BCUT2D eigenvalue weighted by Gasteiger charge is 2.49. The number of aryl methyl sites for hydroxylation is 1. The van der Waals surface area contributed by atoms with E-state index in [2.05, 4.69) is 35.7 Å². The molecule has 0 bridgehead atoms. The lowest BCUT2D eigenvalue weighted by atomic mass is 9.64. The van der Waals surface area contributed by atoms with Crippen molar-refractivity contribution < 1.29 is 9.53 Å². The molecule has 0 aliphatic heterocycles. The van der Waals surface area contributed by atoms with E-state index < -0.39 is 0 Å². The molecule has 0 spiro atoms. The molecule has 1 N–H and O–H groups in total. The summed E-state index contributed by atoms with van der Waals surface area (Å²) in [6, 6.07) is 0.156. The van der Waals surface area contributed by atoms with Crippen LogP contribution in [0.25, 0.3) is 0 Å². The fraction of sp³-hybridized carbons (Fsp3) is 0.786. The molecule has 2 atom stereocenters. The van der Waals surface area contributed by atoms with Crippen molar-refractivity contribution in [3.8, 4) is 0 Å². The van der Waals surface area contributed by atoms with E-state index in [0.29, 0.717) is 10.6 Å². The normalized spacial score (nSPS) is 24.2. The van der Waals surface area contributed by atoms with Crippen LogP contribution < -0.4 is 5.32 Å². The van der Waals surface area contributed by atoms with E-state index in [1.807, 2.05) is 0 Å². The molecule has 112 valence electrons. The Morgan fingerprint density at radius 1 is 1.55 bits per heavy atom. The number of nitrogens with zero attached hydrogens (tertiary/aromatic N) is 2. The van der Waals surface area contributed by atoms with Gasteiger partial charge in [0.25, 0.3) is 5.91 Å². The minimum absolute atomic E-state index is 0.0184. The van der Waals surface area contributed by atoms with Gasteiger partial charge in [-0.1, -0.05) is 31.7 Å². The van der Waals surface area contributed by atoms with Gasteiger partial charge >= 0.3 is 0 Å². The maximum absolute atomic E-state index is 12.2. The topological polar surface area (TPSA) is 64.1 Å². The zero-order chi connectivity index (χ0) is 14.8. The van der Waals surface area contributed by atoms with Crippen molar-refractivity contribution >= 4 is 17.4 Å². The molecule has 1 aromatic heterocycles. The van der Waals surface area contributed by atoms with Crippen LogP contribution in [0.3, 0.4) is 0 Å². The average Bonchev–Trinajstić information content (AvgIpc) is 2.83. The minimum Gasteiger partial charge on any atom is -0.378 e. The number of carbonyl (C=O) groups is 1. The van der Waals surface area contributed by atoms with Gasteiger partial charge in [0.1, 0.15) is 4.88 Å². The van der Waals surface area contributed by atoms with Gasteiger partial charge in [-0.15, -0.1) is 5.10 Å². The molecule has 1 fully saturated rings. The van der Waals surface area contributed by atoms with E-state index in [-0.39, 0.29) is 23.5 Å². The van der Waals surface area contributed by atoms with Crippen molar-refractivity contribution in [1.29, 1.82) is 0 Å². The highest BCUT2D eigenvalue weighted by atomic mass is 32.1. The molecule has 20 heavy (non-hydrogen) atoms. The van der Waals surface area contributed by atoms with Crippen LogP contribution in [0.2, 0.25) is 0 Å². The van der Waals surface area contributed by atoms with Crippen molar-refractivity contribution in [3.63, 3.8) is 0 Å². The second kappa shape index (κ2) is 6.18. The summed E-state index contributed by atoms with van der Waals surface area (Å²) in [6.45, 7) is 9.07. The number of unbranched alkanes of at least 4 members (excludes halogenated alkanes) is 1. The summed E-state index contributed by atoms with van der Waals surface area (Å²) in [4.78, 5) is 12.8. The van der Waals surface area contributed by atoms with Gasteiger partial charge in [0.05, 0.1) is 11.8 Å². The van der Waals surface area contributed by atoms with E-state index >= 15 is 0 Å². The third kappa shape index (κ3) is 3.01. The van der Waals surface area contributed by atoms with Crippen molar-refractivity contribution in [2.24, 2.45) is 5.41 Å². The van der Waals surface area contributed by atoms with E-state index in [0.717, 1.165) is 37.4 Å². The highest BCUT2D eigenvalue weighted by molar-refractivity contribution is 7.08. The fourth-order valence-corrected chi connectivity index (χ4v) is 3.01. The lowest BCUT2D eigenvalue weighted by Crippen LogP contribution is -2.62. The summed E-state index contributed by atoms with van der Waals surface area (Å²) in [5, 5.41) is 6.95. The maximum atomic E-state index is 12.2. The number of carbonyl (C=O) groups excluding carboxylic acids is 1. The molecule has 1 aromatic rings. The van der Waals surface area contributed by atoms with Gasteiger partial charge in [0.2, 0.25) is 0 Å².